The van der Waals surface area contributed by atoms with Gasteiger partial charge < -0.3 is 30.6 Å². The fourth-order valence-electron chi connectivity index (χ4n) is 1.43. The van der Waals surface area contributed by atoms with Gasteiger partial charge in [0.15, 0.2) is 0 Å². The summed E-state index contributed by atoms with van der Waals surface area (Å²) in [6.45, 7) is 2.35. The summed E-state index contributed by atoms with van der Waals surface area (Å²) in [7, 11) is 0. The second-order valence-corrected chi connectivity index (χ2v) is 5.28. The molecule has 10 heteroatoms. The van der Waals surface area contributed by atoms with E-state index in [0.717, 1.165) is 0 Å². The fourth-order valence-corrected chi connectivity index (χ4v) is 1.43. The van der Waals surface area contributed by atoms with Gasteiger partial charge in [-0.2, -0.15) is 0 Å². The Kier molecular flexibility index (Phi) is 8.98. The molecule has 0 fully saturated rings. The maximum atomic E-state index is 10.0. The van der Waals surface area contributed by atoms with Crippen LogP contribution in [0.3, 0.4) is 0 Å². The Morgan fingerprint density at radius 2 is 0.727 bits per heavy atom. The first kappa shape index (κ1) is 22.1. The molecule has 0 radical (unpaired) electrons. The molecule has 0 aromatic carbocycles. The van der Waals surface area contributed by atoms with E-state index in [-0.39, 0.29) is 0 Å². The highest BCUT2D eigenvalue weighted by molar-refractivity contribution is 5.73. The molecule has 0 bridgehead atoms. The van der Waals surface area contributed by atoms with Crippen LogP contribution in [0.5, 0.6) is 0 Å². The summed E-state index contributed by atoms with van der Waals surface area (Å²) in [5, 5.41) is 51.0. The minimum atomic E-state index is -1.66. The molecule has 0 spiro atoms. The maximum Gasteiger partial charge on any atom is 0.306 e. The molecule has 0 aromatic heterocycles. The molecule has 0 aliphatic rings. The predicted molar refractivity (Wildman–Crippen MR) is 70.3 cm³/mol. The predicted octanol–water partition coefficient (Wildman–Crippen LogP) is -0.626. The van der Waals surface area contributed by atoms with Crippen molar-refractivity contribution in [3.8, 4) is 0 Å². The first-order valence-corrected chi connectivity index (χ1v) is 5.99. The van der Waals surface area contributed by atoms with E-state index in [1.807, 2.05) is 0 Å². The van der Waals surface area contributed by atoms with Crippen molar-refractivity contribution < 1.29 is 49.8 Å². The zero-order valence-electron chi connectivity index (χ0n) is 12.1. The number of carboxylic acids is 4. The van der Waals surface area contributed by atoms with E-state index in [4.69, 9.17) is 30.6 Å². The topological polar surface area (TPSA) is 190 Å². The standard InChI is InChI=1S/2C6H10O5/c2*1-6(11,2-4(7)8)3-5(9)10/h2*11H,2-3H2,1H3,(H,7,8)(H,9,10). The van der Waals surface area contributed by atoms with E-state index >= 15 is 0 Å². The van der Waals surface area contributed by atoms with Crippen molar-refractivity contribution in [2.24, 2.45) is 0 Å². The third-order valence-corrected chi connectivity index (χ3v) is 2.13. The van der Waals surface area contributed by atoms with Crippen LogP contribution >= 0.6 is 0 Å². The van der Waals surface area contributed by atoms with E-state index in [0.29, 0.717) is 0 Å². The Morgan fingerprint density at radius 1 is 0.591 bits per heavy atom. The summed E-state index contributed by atoms with van der Waals surface area (Å²) in [4.78, 5) is 40.2. The second kappa shape index (κ2) is 8.95. The van der Waals surface area contributed by atoms with Crippen LogP contribution in [0.25, 0.3) is 0 Å². The van der Waals surface area contributed by atoms with Crippen molar-refractivity contribution in [3.63, 3.8) is 0 Å². The summed E-state index contributed by atoms with van der Waals surface area (Å²) in [5.74, 6) is -4.85. The number of rotatable bonds is 8. The molecule has 22 heavy (non-hydrogen) atoms. The molecule has 0 aromatic rings. The number of carbonyl (C=O) groups is 4. The smallest absolute Gasteiger partial charge is 0.306 e. The molecule has 0 atom stereocenters. The molecule has 128 valence electrons. The SMILES string of the molecule is CC(O)(CC(=O)O)CC(=O)O.CC(O)(CC(=O)O)CC(=O)O. The minimum absolute atomic E-state index is 0.556. The fraction of sp³-hybridized carbons (Fsp3) is 0.667. The molecule has 0 rings (SSSR count). The summed E-state index contributed by atoms with van der Waals surface area (Å²) >= 11 is 0. The molecule has 0 saturated carbocycles. The summed E-state index contributed by atoms with van der Waals surface area (Å²) in [5.41, 5.74) is -3.31. The number of aliphatic hydroxyl groups is 2. The van der Waals surface area contributed by atoms with Gasteiger partial charge >= 0.3 is 23.9 Å². The van der Waals surface area contributed by atoms with Gasteiger partial charge in [-0.3, -0.25) is 19.2 Å². The van der Waals surface area contributed by atoms with Crippen LogP contribution < -0.4 is 0 Å². The van der Waals surface area contributed by atoms with E-state index in [2.05, 4.69) is 0 Å². The van der Waals surface area contributed by atoms with Crippen molar-refractivity contribution in [1.82, 2.24) is 0 Å². The highest BCUT2D eigenvalue weighted by atomic mass is 16.4. The second-order valence-electron chi connectivity index (χ2n) is 5.28. The number of hydrogen-bond acceptors (Lipinski definition) is 6. The van der Waals surface area contributed by atoms with Crippen LogP contribution in [0.15, 0.2) is 0 Å². The van der Waals surface area contributed by atoms with Crippen molar-refractivity contribution in [2.75, 3.05) is 0 Å². The lowest BCUT2D eigenvalue weighted by Crippen LogP contribution is -2.30. The highest BCUT2D eigenvalue weighted by Crippen LogP contribution is 2.14. The van der Waals surface area contributed by atoms with Gasteiger partial charge in [-0.25, -0.2) is 0 Å². The Hall–Kier alpha value is -2.20. The zero-order valence-corrected chi connectivity index (χ0v) is 12.1. The van der Waals surface area contributed by atoms with Crippen molar-refractivity contribution in [3.05, 3.63) is 0 Å². The summed E-state index contributed by atoms with van der Waals surface area (Å²) in [6, 6.07) is 0. The van der Waals surface area contributed by atoms with Crippen LogP contribution in [0.2, 0.25) is 0 Å². The Balaban J connectivity index is 0. The van der Waals surface area contributed by atoms with Gasteiger partial charge in [0, 0.05) is 0 Å². The molecule has 0 saturated heterocycles. The Labute approximate surface area is 125 Å². The lowest BCUT2D eigenvalue weighted by atomic mass is 9.99. The number of aliphatic carboxylic acids is 4. The van der Waals surface area contributed by atoms with Gasteiger partial charge in [0.2, 0.25) is 0 Å². The average molecular weight is 324 g/mol. The van der Waals surface area contributed by atoms with Crippen LogP contribution in [-0.4, -0.2) is 65.7 Å². The lowest BCUT2D eigenvalue weighted by molar-refractivity contribution is -0.149. The van der Waals surface area contributed by atoms with Crippen molar-refractivity contribution >= 4 is 23.9 Å². The summed E-state index contributed by atoms with van der Waals surface area (Å²) in [6.07, 6.45) is -2.23. The minimum Gasteiger partial charge on any atom is -0.481 e. The molecule has 10 nitrogen and oxygen atoms in total. The number of carboxylic acid groups (broad SMARTS) is 4. The van der Waals surface area contributed by atoms with Crippen molar-refractivity contribution in [1.29, 1.82) is 0 Å². The van der Waals surface area contributed by atoms with Gasteiger partial charge in [0.05, 0.1) is 36.9 Å². The van der Waals surface area contributed by atoms with Gasteiger partial charge in [0.1, 0.15) is 0 Å². The maximum absolute atomic E-state index is 10.0. The Morgan fingerprint density at radius 3 is 0.818 bits per heavy atom. The summed E-state index contributed by atoms with van der Waals surface area (Å²) < 4.78 is 0. The molecular weight excluding hydrogens is 304 g/mol. The third kappa shape index (κ3) is 15.9. The van der Waals surface area contributed by atoms with E-state index < -0.39 is 60.8 Å². The van der Waals surface area contributed by atoms with Gasteiger partial charge in [-0.15, -0.1) is 0 Å². The molecule has 0 amide bonds. The van der Waals surface area contributed by atoms with Crippen molar-refractivity contribution in [2.45, 2.75) is 50.7 Å². The van der Waals surface area contributed by atoms with E-state index in [9.17, 15) is 19.2 Å². The molecule has 0 heterocycles. The molecule has 0 unspecified atom stereocenters. The third-order valence-electron chi connectivity index (χ3n) is 2.13. The monoisotopic (exact) mass is 324 g/mol. The Bertz CT molecular complexity index is 348. The first-order valence-electron chi connectivity index (χ1n) is 5.99. The van der Waals surface area contributed by atoms with Crippen LogP contribution in [0.4, 0.5) is 0 Å². The molecule has 0 aliphatic heterocycles. The van der Waals surface area contributed by atoms with Gasteiger partial charge in [-0.05, 0) is 13.8 Å². The van der Waals surface area contributed by atoms with Gasteiger partial charge in [0.25, 0.3) is 0 Å². The van der Waals surface area contributed by atoms with Gasteiger partial charge in [-0.1, -0.05) is 0 Å². The normalized spacial score (nSPS) is 11.1. The lowest BCUT2D eigenvalue weighted by Gasteiger charge is -2.17. The quantitative estimate of drug-likeness (QED) is 0.335. The molecule has 0 aliphatic carbocycles. The van der Waals surface area contributed by atoms with Crippen LogP contribution in [0.1, 0.15) is 39.5 Å². The largest absolute Gasteiger partial charge is 0.481 e. The van der Waals surface area contributed by atoms with E-state index in [1.54, 1.807) is 0 Å². The van der Waals surface area contributed by atoms with Crippen LogP contribution in [0, 0.1) is 0 Å². The van der Waals surface area contributed by atoms with E-state index in [1.165, 1.54) is 13.8 Å². The molecule has 6 N–H and O–H groups in total. The zero-order chi connectivity index (χ0) is 18.1. The average Bonchev–Trinajstić information content (AvgIpc) is 2.06. The number of hydrogen-bond donors (Lipinski definition) is 6. The molecular formula is C12H20O10. The van der Waals surface area contributed by atoms with Crippen LogP contribution in [-0.2, 0) is 19.2 Å². The highest BCUT2D eigenvalue weighted by Gasteiger charge is 2.27. The first-order chi connectivity index (χ1) is 9.67.